The van der Waals surface area contributed by atoms with Crippen LogP contribution < -0.4 is 10.6 Å². The van der Waals surface area contributed by atoms with Gasteiger partial charge in [-0.25, -0.2) is 4.98 Å². The molecule has 18 heavy (non-hydrogen) atoms. The SMILES string of the molecule is CNc1nc(NC(C)(C)CO)c2cc(C)sc2n1. The Morgan fingerprint density at radius 2 is 2.11 bits per heavy atom. The second-order valence-corrected chi connectivity index (χ2v) is 6.12. The van der Waals surface area contributed by atoms with Gasteiger partial charge in [0.15, 0.2) is 0 Å². The van der Waals surface area contributed by atoms with Crippen molar-refractivity contribution in [2.75, 3.05) is 24.3 Å². The normalized spacial score (nSPS) is 11.8. The summed E-state index contributed by atoms with van der Waals surface area (Å²) < 4.78 is 0. The first-order valence-corrected chi connectivity index (χ1v) is 6.62. The van der Waals surface area contributed by atoms with Crippen LogP contribution in [0.2, 0.25) is 0 Å². The van der Waals surface area contributed by atoms with Gasteiger partial charge in [-0.05, 0) is 26.8 Å². The summed E-state index contributed by atoms with van der Waals surface area (Å²) in [4.78, 5) is 11.0. The minimum atomic E-state index is -0.415. The van der Waals surface area contributed by atoms with E-state index in [-0.39, 0.29) is 6.61 Å². The molecule has 0 spiro atoms. The molecule has 0 amide bonds. The van der Waals surface area contributed by atoms with Crippen LogP contribution in [0.15, 0.2) is 6.07 Å². The topological polar surface area (TPSA) is 70.1 Å². The van der Waals surface area contributed by atoms with E-state index in [2.05, 4.69) is 26.7 Å². The Kier molecular flexibility index (Phi) is 3.41. The maximum absolute atomic E-state index is 9.34. The number of rotatable bonds is 4. The highest BCUT2D eigenvalue weighted by atomic mass is 32.1. The Morgan fingerprint density at radius 3 is 2.72 bits per heavy atom. The largest absolute Gasteiger partial charge is 0.394 e. The highest BCUT2D eigenvalue weighted by Gasteiger charge is 2.19. The molecule has 0 bridgehead atoms. The lowest BCUT2D eigenvalue weighted by Crippen LogP contribution is -2.35. The number of aryl methyl sites for hydroxylation is 1. The zero-order chi connectivity index (χ0) is 13.3. The lowest BCUT2D eigenvalue weighted by atomic mass is 10.1. The molecule has 0 saturated heterocycles. The molecule has 0 aliphatic carbocycles. The fourth-order valence-corrected chi connectivity index (χ4v) is 2.49. The number of aliphatic hydroxyl groups is 1. The van der Waals surface area contributed by atoms with Crippen LogP contribution in [0.1, 0.15) is 18.7 Å². The van der Waals surface area contributed by atoms with Crippen molar-refractivity contribution < 1.29 is 5.11 Å². The summed E-state index contributed by atoms with van der Waals surface area (Å²) in [5.74, 6) is 1.34. The Labute approximate surface area is 110 Å². The predicted molar refractivity (Wildman–Crippen MR) is 76.5 cm³/mol. The zero-order valence-corrected chi connectivity index (χ0v) is 11.9. The Morgan fingerprint density at radius 1 is 1.39 bits per heavy atom. The van der Waals surface area contributed by atoms with Crippen LogP contribution in [-0.2, 0) is 0 Å². The quantitative estimate of drug-likeness (QED) is 0.791. The van der Waals surface area contributed by atoms with E-state index in [0.29, 0.717) is 5.95 Å². The standard InChI is InChI=1S/C12H18N4OS/c1-7-5-8-9(16-12(2,3)6-17)14-11(13-4)15-10(8)18-7/h5,17H,6H2,1-4H3,(H2,13,14,15,16). The number of thiophene rings is 1. The van der Waals surface area contributed by atoms with E-state index >= 15 is 0 Å². The number of hydrogen-bond acceptors (Lipinski definition) is 6. The minimum absolute atomic E-state index is 0.0382. The molecule has 2 aromatic heterocycles. The molecule has 0 atom stereocenters. The van der Waals surface area contributed by atoms with E-state index in [1.54, 1.807) is 18.4 Å². The Hall–Kier alpha value is -1.40. The van der Waals surface area contributed by atoms with Crippen molar-refractivity contribution in [1.29, 1.82) is 0 Å². The van der Waals surface area contributed by atoms with Gasteiger partial charge in [0.1, 0.15) is 10.6 Å². The molecule has 2 heterocycles. The Balaban J connectivity index is 2.53. The molecule has 0 aliphatic heterocycles. The second-order valence-electron chi connectivity index (χ2n) is 4.89. The molecule has 0 radical (unpaired) electrons. The second kappa shape index (κ2) is 4.70. The van der Waals surface area contributed by atoms with Crippen molar-refractivity contribution in [2.24, 2.45) is 0 Å². The molecular weight excluding hydrogens is 248 g/mol. The zero-order valence-electron chi connectivity index (χ0n) is 11.0. The molecule has 6 heteroatoms. The molecule has 0 unspecified atom stereocenters. The first-order valence-electron chi connectivity index (χ1n) is 5.80. The van der Waals surface area contributed by atoms with Gasteiger partial charge in [0.05, 0.1) is 17.5 Å². The number of hydrogen-bond donors (Lipinski definition) is 3. The number of aromatic nitrogens is 2. The van der Waals surface area contributed by atoms with Crippen LogP contribution in [0.4, 0.5) is 11.8 Å². The van der Waals surface area contributed by atoms with E-state index in [1.807, 2.05) is 20.8 Å². The predicted octanol–water partition coefficient (Wildman–Crippen LogP) is 2.22. The van der Waals surface area contributed by atoms with E-state index in [4.69, 9.17) is 0 Å². The van der Waals surface area contributed by atoms with Crippen molar-refractivity contribution in [2.45, 2.75) is 26.3 Å². The van der Waals surface area contributed by atoms with E-state index in [9.17, 15) is 5.11 Å². The number of nitrogens with one attached hydrogen (secondary N) is 2. The van der Waals surface area contributed by atoms with Gasteiger partial charge in [-0.15, -0.1) is 11.3 Å². The third kappa shape index (κ3) is 2.54. The molecule has 0 saturated carbocycles. The van der Waals surface area contributed by atoms with Crippen molar-refractivity contribution in [3.05, 3.63) is 10.9 Å². The van der Waals surface area contributed by atoms with Crippen molar-refractivity contribution >= 4 is 33.3 Å². The Bertz CT molecular complexity index is 564. The smallest absolute Gasteiger partial charge is 0.225 e. The molecule has 2 aromatic rings. The molecule has 3 N–H and O–H groups in total. The number of fused-ring (bicyclic) bond motifs is 1. The highest BCUT2D eigenvalue weighted by Crippen LogP contribution is 2.30. The third-order valence-corrected chi connectivity index (χ3v) is 3.54. The van der Waals surface area contributed by atoms with Crippen LogP contribution in [0.25, 0.3) is 10.2 Å². The van der Waals surface area contributed by atoms with Crippen LogP contribution in [0.3, 0.4) is 0 Å². The van der Waals surface area contributed by atoms with Crippen LogP contribution in [0.5, 0.6) is 0 Å². The summed E-state index contributed by atoms with van der Waals surface area (Å²) in [7, 11) is 1.79. The first-order chi connectivity index (χ1) is 8.45. The summed E-state index contributed by atoms with van der Waals surface area (Å²) >= 11 is 1.64. The molecule has 0 aromatic carbocycles. The van der Waals surface area contributed by atoms with Crippen molar-refractivity contribution in [3.8, 4) is 0 Å². The first kappa shape index (κ1) is 13.0. The molecule has 98 valence electrons. The average Bonchev–Trinajstić information content (AvgIpc) is 2.69. The van der Waals surface area contributed by atoms with Crippen molar-refractivity contribution in [3.63, 3.8) is 0 Å². The van der Waals surface area contributed by atoms with E-state index in [0.717, 1.165) is 16.0 Å². The van der Waals surface area contributed by atoms with Gasteiger partial charge in [0.2, 0.25) is 5.95 Å². The molecular formula is C12H18N4OS. The maximum atomic E-state index is 9.34. The van der Waals surface area contributed by atoms with Crippen molar-refractivity contribution in [1.82, 2.24) is 9.97 Å². The molecule has 2 rings (SSSR count). The highest BCUT2D eigenvalue weighted by molar-refractivity contribution is 7.18. The number of anilines is 2. The summed E-state index contributed by atoms with van der Waals surface area (Å²) in [6.07, 6.45) is 0. The fourth-order valence-electron chi connectivity index (χ4n) is 1.61. The summed E-state index contributed by atoms with van der Waals surface area (Å²) in [5.41, 5.74) is -0.415. The van der Waals surface area contributed by atoms with E-state index < -0.39 is 5.54 Å². The van der Waals surface area contributed by atoms with Gasteiger partial charge in [-0.2, -0.15) is 4.98 Å². The van der Waals surface area contributed by atoms with Gasteiger partial charge in [0.25, 0.3) is 0 Å². The monoisotopic (exact) mass is 266 g/mol. The molecule has 5 nitrogen and oxygen atoms in total. The summed E-state index contributed by atoms with van der Waals surface area (Å²) in [6, 6.07) is 2.06. The van der Waals surface area contributed by atoms with Gasteiger partial charge < -0.3 is 15.7 Å². The lowest BCUT2D eigenvalue weighted by Gasteiger charge is -2.24. The van der Waals surface area contributed by atoms with Gasteiger partial charge in [0, 0.05) is 11.9 Å². The third-order valence-electron chi connectivity index (χ3n) is 2.59. The van der Waals surface area contributed by atoms with Gasteiger partial charge >= 0.3 is 0 Å². The van der Waals surface area contributed by atoms with Crippen LogP contribution >= 0.6 is 11.3 Å². The van der Waals surface area contributed by atoms with Crippen LogP contribution in [-0.4, -0.2) is 34.3 Å². The number of aliphatic hydroxyl groups excluding tert-OH is 1. The minimum Gasteiger partial charge on any atom is -0.394 e. The number of nitrogens with zero attached hydrogens (tertiary/aromatic N) is 2. The van der Waals surface area contributed by atoms with E-state index in [1.165, 1.54) is 4.88 Å². The lowest BCUT2D eigenvalue weighted by molar-refractivity contribution is 0.234. The maximum Gasteiger partial charge on any atom is 0.225 e. The molecule has 0 aliphatic rings. The summed E-state index contributed by atoms with van der Waals surface area (Å²) in [6.45, 7) is 5.95. The van der Waals surface area contributed by atoms with Crippen LogP contribution in [0, 0.1) is 6.92 Å². The van der Waals surface area contributed by atoms with Gasteiger partial charge in [-0.3, -0.25) is 0 Å². The summed E-state index contributed by atoms with van der Waals surface area (Å²) in [5, 5.41) is 16.6. The van der Waals surface area contributed by atoms with Gasteiger partial charge in [-0.1, -0.05) is 0 Å². The fraction of sp³-hybridized carbons (Fsp3) is 0.500. The average molecular weight is 266 g/mol. The molecule has 0 fully saturated rings.